The van der Waals surface area contributed by atoms with E-state index in [1.54, 1.807) is 7.11 Å². The van der Waals surface area contributed by atoms with Gasteiger partial charge in [-0.3, -0.25) is 0 Å². The van der Waals surface area contributed by atoms with Crippen LogP contribution >= 0.6 is 12.2 Å². The van der Waals surface area contributed by atoms with Crippen LogP contribution in [-0.2, 0) is 4.74 Å². The zero-order valence-corrected chi connectivity index (χ0v) is 9.56. The smallest absolute Gasteiger partial charge is 0.168 e. The Morgan fingerprint density at radius 3 is 2.93 bits per heavy atom. The van der Waals surface area contributed by atoms with Gasteiger partial charge < -0.3 is 15.0 Å². The van der Waals surface area contributed by atoms with Crippen LogP contribution in [-0.4, -0.2) is 43.9 Å². The molecule has 0 saturated heterocycles. The van der Waals surface area contributed by atoms with E-state index in [4.69, 9.17) is 22.2 Å². The van der Waals surface area contributed by atoms with E-state index in [1.807, 2.05) is 11.9 Å². The maximum absolute atomic E-state index is 8.39. The number of thiocarbonyl (C=S) groups is 1. The van der Waals surface area contributed by atoms with Gasteiger partial charge in [0, 0.05) is 33.9 Å². The third kappa shape index (κ3) is 6.63. The lowest BCUT2D eigenvalue weighted by atomic mass is 10.4. The van der Waals surface area contributed by atoms with Crippen molar-refractivity contribution in [2.75, 3.05) is 33.9 Å². The summed E-state index contributed by atoms with van der Waals surface area (Å²) in [5.41, 5.74) is 0. The van der Waals surface area contributed by atoms with E-state index < -0.39 is 0 Å². The van der Waals surface area contributed by atoms with E-state index in [-0.39, 0.29) is 0 Å². The molecule has 0 aromatic carbocycles. The molecule has 0 rings (SSSR count). The highest BCUT2D eigenvalue weighted by Gasteiger charge is 2.01. The van der Waals surface area contributed by atoms with Crippen molar-refractivity contribution < 1.29 is 4.74 Å². The molecule has 0 atom stereocenters. The van der Waals surface area contributed by atoms with E-state index in [9.17, 15) is 0 Å². The molecule has 0 aliphatic heterocycles. The summed E-state index contributed by atoms with van der Waals surface area (Å²) in [5, 5.41) is 12.2. The van der Waals surface area contributed by atoms with Crippen LogP contribution in [0.15, 0.2) is 0 Å². The van der Waals surface area contributed by atoms with Crippen LogP contribution in [0, 0.1) is 11.3 Å². The van der Waals surface area contributed by atoms with Crippen molar-refractivity contribution in [1.29, 1.82) is 5.26 Å². The van der Waals surface area contributed by atoms with Crippen LogP contribution in [0.3, 0.4) is 0 Å². The fourth-order valence-electron chi connectivity index (χ4n) is 0.866. The minimum absolute atomic E-state index is 0.496. The summed E-state index contributed by atoms with van der Waals surface area (Å²) in [6.07, 6.45) is 1.43. The summed E-state index contributed by atoms with van der Waals surface area (Å²) < 4.78 is 4.91. The first-order chi connectivity index (χ1) is 6.72. The molecule has 0 aliphatic rings. The average molecular weight is 215 g/mol. The fraction of sp³-hybridized carbons (Fsp3) is 0.778. The highest BCUT2D eigenvalue weighted by molar-refractivity contribution is 7.80. The van der Waals surface area contributed by atoms with Gasteiger partial charge in [0.2, 0.25) is 0 Å². The van der Waals surface area contributed by atoms with Crippen LogP contribution in [0.25, 0.3) is 0 Å². The largest absolute Gasteiger partial charge is 0.385 e. The monoisotopic (exact) mass is 215 g/mol. The van der Waals surface area contributed by atoms with E-state index >= 15 is 0 Å². The normalized spacial score (nSPS) is 9.21. The van der Waals surface area contributed by atoms with E-state index in [1.165, 1.54) is 0 Å². The molecule has 0 unspecified atom stereocenters. The average Bonchev–Trinajstić information content (AvgIpc) is 2.20. The summed E-state index contributed by atoms with van der Waals surface area (Å²) in [4.78, 5) is 1.87. The number of ether oxygens (including phenoxy) is 1. The zero-order valence-electron chi connectivity index (χ0n) is 8.75. The van der Waals surface area contributed by atoms with Crippen molar-refractivity contribution in [3.8, 4) is 6.07 Å². The van der Waals surface area contributed by atoms with Crippen LogP contribution in [0.2, 0.25) is 0 Å². The summed E-state index contributed by atoms with van der Waals surface area (Å²) in [5.74, 6) is 0. The zero-order chi connectivity index (χ0) is 10.8. The topological polar surface area (TPSA) is 48.3 Å². The third-order valence-corrected chi connectivity index (χ3v) is 2.16. The first kappa shape index (κ1) is 13.1. The van der Waals surface area contributed by atoms with E-state index in [2.05, 4.69) is 11.4 Å². The first-order valence-corrected chi connectivity index (χ1v) is 4.98. The molecule has 0 heterocycles. The Kier molecular flexibility index (Phi) is 8.19. The molecule has 0 radical (unpaired) electrons. The van der Waals surface area contributed by atoms with Crippen molar-refractivity contribution in [3.05, 3.63) is 0 Å². The van der Waals surface area contributed by atoms with Gasteiger partial charge in [-0.15, -0.1) is 0 Å². The molecular weight excluding hydrogens is 198 g/mol. The molecular formula is C9H17N3OS. The number of methoxy groups -OCH3 is 1. The number of hydrogen-bond donors (Lipinski definition) is 1. The van der Waals surface area contributed by atoms with Gasteiger partial charge in [-0.25, -0.2) is 0 Å². The van der Waals surface area contributed by atoms with Crippen LogP contribution in [0.1, 0.15) is 12.8 Å². The number of rotatable bonds is 6. The number of nitrogens with one attached hydrogen (secondary N) is 1. The summed E-state index contributed by atoms with van der Waals surface area (Å²) in [6.45, 7) is 2.22. The van der Waals surface area contributed by atoms with Crippen molar-refractivity contribution in [2.24, 2.45) is 0 Å². The van der Waals surface area contributed by atoms with Gasteiger partial charge >= 0.3 is 0 Å². The predicted molar refractivity (Wildman–Crippen MR) is 60.0 cm³/mol. The van der Waals surface area contributed by atoms with Crippen LogP contribution in [0.5, 0.6) is 0 Å². The lowest BCUT2D eigenvalue weighted by molar-refractivity contribution is 0.195. The molecule has 0 saturated carbocycles. The standard InChI is InChI=1S/C9H17N3OS/c1-12(7-3-5-10)9(14)11-6-4-8-13-2/h3-4,6-8H2,1-2H3,(H,11,14). The second-order valence-electron chi connectivity index (χ2n) is 2.91. The highest BCUT2D eigenvalue weighted by Crippen LogP contribution is 1.88. The lowest BCUT2D eigenvalue weighted by Gasteiger charge is -2.19. The highest BCUT2D eigenvalue weighted by atomic mass is 32.1. The summed E-state index contributed by atoms with van der Waals surface area (Å²) >= 11 is 5.10. The molecule has 0 amide bonds. The van der Waals surface area contributed by atoms with Crippen LogP contribution < -0.4 is 5.32 Å². The molecule has 0 bridgehead atoms. The Balaban J connectivity index is 3.48. The Morgan fingerprint density at radius 2 is 2.36 bits per heavy atom. The molecule has 4 nitrogen and oxygen atoms in total. The maximum atomic E-state index is 8.39. The van der Waals surface area contributed by atoms with Gasteiger partial charge in [-0.1, -0.05) is 0 Å². The number of hydrogen-bond acceptors (Lipinski definition) is 3. The lowest BCUT2D eigenvalue weighted by Crippen LogP contribution is -2.38. The molecule has 14 heavy (non-hydrogen) atoms. The first-order valence-electron chi connectivity index (χ1n) is 4.57. The van der Waals surface area contributed by atoms with Gasteiger partial charge in [0.05, 0.1) is 12.5 Å². The molecule has 5 heteroatoms. The summed E-state index contributed by atoms with van der Waals surface area (Å²) in [7, 11) is 3.56. The molecule has 0 spiro atoms. The SMILES string of the molecule is COCCCNC(=S)N(C)CCC#N. The van der Waals surface area contributed by atoms with Crippen molar-refractivity contribution in [1.82, 2.24) is 10.2 Å². The minimum atomic E-state index is 0.496. The van der Waals surface area contributed by atoms with Crippen LogP contribution in [0.4, 0.5) is 0 Å². The Labute approximate surface area is 90.8 Å². The Hall–Kier alpha value is -0.860. The van der Waals surface area contributed by atoms with Gasteiger partial charge in [0.25, 0.3) is 0 Å². The molecule has 0 aromatic heterocycles. The van der Waals surface area contributed by atoms with E-state index in [0.717, 1.165) is 19.6 Å². The minimum Gasteiger partial charge on any atom is -0.385 e. The van der Waals surface area contributed by atoms with Gasteiger partial charge in [0.1, 0.15) is 0 Å². The van der Waals surface area contributed by atoms with Crippen molar-refractivity contribution >= 4 is 17.3 Å². The third-order valence-electron chi connectivity index (χ3n) is 1.71. The predicted octanol–water partition coefficient (Wildman–Crippen LogP) is 0.743. The van der Waals surface area contributed by atoms with E-state index in [0.29, 0.717) is 18.1 Å². The van der Waals surface area contributed by atoms with Crippen molar-refractivity contribution in [3.63, 3.8) is 0 Å². The Morgan fingerprint density at radius 1 is 1.64 bits per heavy atom. The molecule has 80 valence electrons. The van der Waals surface area contributed by atoms with Gasteiger partial charge in [-0.05, 0) is 18.6 Å². The number of nitrogens with zero attached hydrogens (tertiary/aromatic N) is 2. The molecule has 0 aromatic rings. The molecule has 1 N–H and O–H groups in total. The maximum Gasteiger partial charge on any atom is 0.168 e. The second-order valence-corrected chi connectivity index (χ2v) is 3.29. The Bertz CT molecular complexity index is 203. The molecule has 0 fully saturated rings. The van der Waals surface area contributed by atoms with Crippen molar-refractivity contribution in [2.45, 2.75) is 12.8 Å². The molecule has 0 aliphatic carbocycles. The second kappa shape index (κ2) is 8.73. The quantitative estimate of drug-likeness (QED) is 0.523. The fourth-order valence-corrected chi connectivity index (χ4v) is 1.06. The number of nitriles is 1. The van der Waals surface area contributed by atoms with Gasteiger partial charge in [-0.2, -0.15) is 5.26 Å². The summed E-state index contributed by atoms with van der Waals surface area (Å²) in [6, 6.07) is 2.08. The van der Waals surface area contributed by atoms with Gasteiger partial charge in [0.15, 0.2) is 5.11 Å².